The Morgan fingerprint density at radius 1 is 1.31 bits per heavy atom. The van der Waals surface area contributed by atoms with Crippen LogP contribution in [0.1, 0.15) is 18.6 Å². The third kappa shape index (κ3) is 2.23. The first-order chi connectivity index (χ1) is 6.02. The molecule has 0 aliphatic heterocycles. The minimum absolute atomic E-state index is 0.286. The van der Waals surface area contributed by atoms with Crippen LogP contribution in [0.5, 0.6) is 0 Å². The molecular weight excluding hydrogens is 176 g/mol. The van der Waals surface area contributed by atoms with Gasteiger partial charge in [-0.2, -0.15) is 0 Å². The maximum atomic E-state index is 12.7. The maximum Gasteiger partial charge on any atom is 0.159 e. The van der Waals surface area contributed by atoms with Crippen LogP contribution in [0.15, 0.2) is 18.2 Å². The number of benzene rings is 1. The minimum atomic E-state index is -0.975. The number of hydrogen-bond donors (Lipinski definition) is 2. The molecule has 2 nitrogen and oxygen atoms in total. The number of aliphatic hydroxyl groups excluding tert-OH is 1. The van der Waals surface area contributed by atoms with E-state index in [0.29, 0.717) is 0 Å². The van der Waals surface area contributed by atoms with Crippen LogP contribution in [0.25, 0.3) is 0 Å². The number of aliphatic hydroxyl groups is 1. The average Bonchev–Trinajstić information content (AvgIpc) is 2.08. The van der Waals surface area contributed by atoms with Gasteiger partial charge in [0, 0.05) is 6.04 Å². The molecule has 72 valence electrons. The highest BCUT2D eigenvalue weighted by molar-refractivity contribution is 5.20. The predicted octanol–water partition coefficient (Wildman–Crippen LogP) is 1.35. The zero-order chi connectivity index (χ0) is 10.0. The molecular formula is C9H11F2NO. The van der Waals surface area contributed by atoms with Gasteiger partial charge in [0.15, 0.2) is 11.6 Å². The summed E-state index contributed by atoms with van der Waals surface area (Å²) in [7, 11) is 0. The summed E-state index contributed by atoms with van der Waals surface area (Å²) in [4.78, 5) is 0. The van der Waals surface area contributed by atoms with Crippen molar-refractivity contribution < 1.29 is 13.9 Å². The molecule has 0 unspecified atom stereocenters. The van der Waals surface area contributed by atoms with Crippen LogP contribution in [0.4, 0.5) is 8.78 Å². The fraction of sp³-hybridized carbons (Fsp3) is 0.333. The van der Waals surface area contributed by atoms with Crippen molar-refractivity contribution in [3.05, 3.63) is 35.4 Å². The summed E-state index contributed by atoms with van der Waals surface area (Å²) in [5, 5.41) is 9.40. The minimum Gasteiger partial charge on any atom is -0.387 e. The molecule has 1 aromatic rings. The van der Waals surface area contributed by atoms with Crippen LogP contribution >= 0.6 is 0 Å². The SMILES string of the molecule is C[C@@H](N)[C@H](O)c1ccc(F)c(F)c1. The normalized spacial score (nSPS) is 15.5. The van der Waals surface area contributed by atoms with Gasteiger partial charge in [-0.15, -0.1) is 0 Å². The summed E-state index contributed by atoms with van der Waals surface area (Å²) in [5.74, 6) is -1.90. The van der Waals surface area contributed by atoms with E-state index in [0.717, 1.165) is 12.1 Å². The van der Waals surface area contributed by atoms with Gasteiger partial charge in [-0.05, 0) is 24.6 Å². The maximum absolute atomic E-state index is 12.7. The lowest BCUT2D eigenvalue weighted by Crippen LogP contribution is -2.24. The lowest BCUT2D eigenvalue weighted by molar-refractivity contribution is 0.153. The van der Waals surface area contributed by atoms with E-state index < -0.39 is 23.8 Å². The molecule has 0 spiro atoms. The van der Waals surface area contributed by atoms with Gasteiger partial charge in [0.05, 0.1) is 6.10 Å². The number of hydrogen-bond acceptors (Lipinski definition) is 2. The zero-order valence-electron chi connectivity index (χ0n) is 7.17. The van der Waals surface area contributed by atoms with Crippen molar-refractivity contribution in [2.75, 3.05) is 0 Å². The van der Waals surface area contributed by atoms with Gasteiger partial charge in [-0.3, -0.25) is 0 Å². The quantitative estimate of drug-likeness (QED) is 0.734. The molecule has 0 heterocycles. The fourth-order valence-electron chi connectivity index (χ4n) is 1.000. The Balaban J connectivity index is 2.97. The van der Waals surface area contributed by atoms with E-state index >= 15 is 0 Å². The van der Waals surface area contributed by atoms with Gasteiger partial charge in [0.25, 0.3) is 0 Å². The molecule has 0 fully saturated rings. The summed E-state index contributed by atoms with van der Waals surface area (Å²) in [6.45, 7) is 1.59. The van der Waals surface area contributed by atoms with Gasteiger partial charge >= 0.3 is 0 Å². The first-order valence-electron chi connectivity index (χ1n) is 3.91. The Kier molecular flexibility index (Phi) is 2.95. The average molecular weight is 187 g/mol. The van der Waals surface area contributed by atoms with Gasteiger partial charge < -0.3 is 10.8 Å². The predicted molar refractivity (Wildman–Crippen MR) is 45.0 cm³/mol. The standard InChI is InChI=1S/C9H11F2NO/c1-5(12)9(13)6-2-3-7(10)8(11)4-6/h2-5,9,13H,12H2,1H3/t5-,9+/m1/s1. The highest BCUT2D eigenvalue weighted by Crippen LogP contribution is 2.17. The van der Waals surface area contributed by atoms with E-state index in [-0.39, 0.29) is 5.56 Å². The molecule has 2 atom stereocenters. The van der Waals surface area contributed by atoms with Crippen LogP contribution in [-0.2, 0) is 0 Å². The van der Waals surface area contributed by atoms with E-state index in [9.17, 15) is 13.9 Å². The highest BCUT2D eigenvalue weighted by atomic mass is 19.2. The molecule has 0 amide bonds. The number of halogens is 2. The van der Waals surface area contributed by atoms with E-state index in [1.807, 2.05) is 0 Å². The molecule has 0 aliphatic rings. The van der Waals surface area contributed by atoms with E-state index in [2.05, 4.69) is 0 Å². The zero-order valence-corrected chi connectivity index (χ0v) is 7.17. The molecule has 0 bridgehead atoms. The monoisotopic (exact) mass is 187 g/mol. The molecule has 4 heteroatoms. The van der Waals surface area contributed by atoms with Crippen molar-refractivity contribution in [3.8, 4) is 0 Å². The first-order valence-corrected chi connectivity index (χ1v) is 3.91. The summed E-state index contributed by atoms with van der Waals surface area (Å²) in [6, 6.07) is 2.72. The second-order valence-electron chi connectivity index (χ2n) is 2.98. The molecule has 1 rings (SSSR count). The molecule has 0 aliphatic carbocycles. The summed E-state index contributed by atoms with van der Waals surface area (Å²) in [6.07, 6.45) is -0.963. The molecule has 0 saturated carbocycles. The van der Waals surface area contributed by atoms with Crippen LogP contribution in [0.2, 0.25) is 0 Å². The lowest BCUT2D eigenvalue weighted by atomic mass is 10.0. The van der Waals surface area contributed by atoms with E-state index in [1.165, 1.54) is 6.07 Å². The fourth-order valence-corrected chi connectivity index (χ4v) is 1.000. The smallest absolute Gasteiger partial charge is 0.159 e. The van der Waals surface area contributed by atoms with Crippen molar-refractivity contribution in [1.82, 2.24) is 0 Å². The highest BCUT2D eigenvalue weighted by Gasteiger charge is 2.14. The molecule has 0 aromatic heterocycles. The molecule has 1 aromatic carbocycles. The summed E-state index contributed by atoms with van der Waals surface area (Å²) < 4.78 is 25.2. The van der Waals surface area contributed by atoms with Crippen molar-refractivity contribution in [3.63, 3.8) is 0 Å². The summed E-state index contributed by atoms with van der Waals surface area (Å²) >= 11 is 0. The second-order valence-corrected chi connectivity index (χ2v) is 2.98. The van der Waals surface area contributed by atoms with E-state index in [4.69, 9.17) is 5.73 Å². The third-order valence-corrected chi connectivity index (χ3v) is 1.78. The Bertz CT molecular complexity index is 302. The molecule has 0 saturated heterocycles. The summed E-state index contributed by atoms with van der Waals surface area (Å²) in [5.41, 5.74) is 5.68. The molecule has 0 radical (unpaired) electrons. The van der Waals surface area contributed by atoms with Crippen LogP contribution in [0, 0.1) is 11.6 Å². The van der Waals surface area contributed by atoms with Gasteiger partial charge in [-0.25, -0.2) is 8.78 Å². The Morgan fingerprint density at radius 2 is 1.92 bits per heavy atom. The second kappa shape index (κ2) is 3.81. The Morgan fingerprint density at radius 3 is 2.38 bits per heavy atom. The largest absolute Gasteiger partial charge is 0.387 e. The van der Waals surface area contributed by atoms with Gasteiger partial charge in [0.1, 0.15) is 0 Å². The van der Waals surface area contributed by atoms with E-state index in [1.54, 1.807) is 6.92 Å². The molecule has 3 N–H and O–H groups in total. The number of rotatable bonds is 2. The number of nitrogens with two attached hydrogens (primary N) is 1. The van der Waals surface area contributed by atoms with Gasteiger partial charge in [0.2, 0.25) is 0 Å². The van der Waals surface area contributed by atoms with Crippen molar-refractivity contribution >= 4 is 0 Å². The lowest BCUT2D eigenvalue weighted by Gasteiger charge is -2.14. The van der Waals surface area contributed by atoms with Crippen LogP contribution < -0.4 is 5.73 Å². The van der Waals surface area contributed by atoms with Crippen molar-refractivity contribution in [2.24, 2.45) is 5.73 Å². The topological polar surface area (TPSA) is 46.2 Å². The molecule has 13 heavy (non-hydrogen) atoms. The Labute approximate surface area is 75.0 Å². The third-order valence-electron chi connectivity index (χ3n) is 1.78. The van der Waals surface area contributed by atoms with Gasteiger partial charge in [-0.1, -0.05) is 6.07 Å². The van der Waals surface area contributed by atoms with Crippen molar-refractivity contribution in [2.45, 2.75) is 19.1 Å². The van der Waals surface area contributed by atoms with Crippen LogP contribution in [-0.4, -0.2) is 11.1 Å². The van der Waals surface area contributed by atoms with Crippen LogP contribution in [0.3, 0.4) is 0 Å². The Hall–Kier alpha value is -1.00. The van der Waals surface area contributed by atoms with Crippen molar-refractivity contribution in [1.29, 1.82) is 0 Å². The first kappa shape index (κ1) is 10.1.